The van der Waals surface area contributed by atoms with E-state index in [4.69, 9.17) is 25.6 Å². The van der Waals surface area contributed by atoms with Gasteiger partial charge in [-0.15, -0.1) is 0 Å². The number of ether oxygens (including phenoxy) is 2. The fourth-order valence-electron chi connectivity index (χ4n) is 3.77. The Morgan fingerprint density at radius 3 is 2.64 bits per heavy atom. The minimum Gasteiger partial charge on any atom is -0.490 e. The Labute approximate surface area is 192 Å². The van der Waals surface area contributed by atoms with Crippen molar-refractivity contribution in [3.63, 3.8) is 0 Å². The summed E-state index contributed by atoms with van der Waals surface area (Å²) in [7, 11) is 0. The summed E-state index contributed by atoms with van der Waals surface area (Å²) >= 11 is 0. The van der Waals surface area contributed by atoms with Crippen LogP contribution >= 0.6 is 0 Å². The van der Waals surface area contributed by atoms with Gasteiger partial charge in [0.05, 0.1) is 5.39 Å². The Bertz CT molecular complexity index is 1170. The zero-order valence-electron chi connectivity index (χ0n) is 19.1. The molecule has 4 rings (SSSR count). The Kier molecular flexibility index (Phi) is 6.13. The molecule has 2 heterocycles. The van der Waals surface area contributed by atoms with E-state index in [0.717, 1.165) is 29.5 Å². The number of carbonyl (C=O) groups is 1. The second-order valence-corrected chi connectivity index (χ2v) is 9.07. The monoisotopic (exact) mass is 451 g/mol. The number of amides is 1. The van der Waals surface area contributed by atoms with Crippen LogP contribution in [0.25, 0.3) is 22.2 Å². The second kappa shape index (κ2) is 9.01. The van der Waals surface area contributed by atoms with Crippen LogP contribution in [-0.2, 0) is 4.74 Å². The molecule has 0 radical (unpaired) electrons. The smallest absolute Gasteiger partial charge is 0.410 e. The molecule has 0 atom stereocenters. The van der Waals surface area contributed by atoms with Gasteiger partial charge in [-0.05, 0) is 51.1 Å². The molecule has 3 aromatic rings. The van der Waals surface area contributed by atoms with Gasteiger partial charge < -0.3 is 30.5 Å². The highest BCUT2D eigenvalue weighted by molar-refractivity contribution is 6.02. The number of nitrogens with two attached hydrogens (primary N) is 2. The number of rotatable bonds is 4. The van der Waals surface area contributed by atoms with E-state index >= 15 is 0 Å². The van der Waals surface area contributed by atoms with Gasteiger partial charge in [-0.1, -0.05) is 17.3 Å². The number of benzene rings is 2. The van der Waals surface area contributed by atoms with Crippen molar-refractivity contribution in [3.8, 4) is 17.1 Å². The number of hydrogen-bond acceptors (Lipinski definition) is 7. The molecular formula is C24H29N5O4. The molecule has 0 saturated carbocycles. The standard InChI is InChI=1S/C24H29N5O4/c1-24(2,3)32-23(30)29-11-9-17(10-12-29)31-18-6-4-5-15(13-18)21-19-14-16(22(25)27-26)7-8-20(19)28-33-21/h4-8,13-14,17H,9-12,26H2,1-3H3,(H2,25,27). The van der Waals surface area contributed by atoms with Crippen LogP contribution in [0.15, 0.2) is 52.1 Å². The summed E-state index contributed by atoms with van der Waals surface area (Å²) in [5, 5.41) is 8.50. The number of carbonyl (C=O) groups excluding carboxylic acids is 1. The normalized spacial score (nSPS) is 15.6. The third-order valence-corrected chi connectivity index (χ3v) is 5.40. The molecule has 9 nitrogen and oxygen atoms in total. The highest BCUT2D eigenvalue weighted by atomic mass is 16.6. The fourth-order valence-corrected chi connectivity index (χ4v) is 3.77. The van der Waals surface area contributed by atoms with E-state index in [2.05, 4.69) is 10.3 Å². The molecule has 9 heteroatoms. The van der Waals surface area contributed by atoms with Gasteiger partial charge >= 0.3 is 6.09 Å². The lowest BCUT2D eigenvalue weighted by Crippen LogP contribution is -2.44. The van der Waals surface area contributed by atoms with Crippen molar-refractivity contribution in [1.29, 1.82) is 0 Å². The lowest BCUT2D eigenvalue weighted by atomic mass is 10.1. The van der Waals surface area contributed by atoms with E-state index in [1.54, 1.807) is 11.0 Å². The third kappa shape index (κ3) is 5.19. The van der Waals surface area contributed by atoms with E-state index in [1.807, 2.05) is 57.2 Å². The molecule has 1 amide bonds. The first kappa shape index (κ1) is 22.4. The number of amidine groups is 1. The van der Waals surface area contributed by atoms with Crippen molar-refractivity contribution in [1.82, 2.24) is 10.1 Å². The Morgan fingerprint density at radius 1 is 1.18 bits per heavy atom. The van der Waals surface area contributed by atoms with Gasteiger partial charge in [-0.25, -0.2) is 4.79 Å². The topological polar surface area (TPSA) is 129 Å². The Balaban J connectivity index is 1.46. The number of hydrazone groups is 1. The molecule has 0 aliphatic carbocycles. The molecule has 33 heavy (non-hydrogen) atoms. The number of fused-ring (bicyclic) bond motifs is 1. The molecule has 1 saturated heterocycles. The van der Waals surface area contributed by atoms with Crippen molar-refractivity contribution in [2.75, 3.05) is 13.1 Å². The summed E-state index contributed by atoms with van der Waals surface area (Å²) in [5.74, 6) is 6.89. The van der Waals surface area contributed by atoms with Crippen molar-refractivity contribution in [3.05, 3.63) is 48.0 Å². The highest BCUT2D eigenvalue weighted by Crippen LogP contribution is 2.32. The molecule has 0 bridgehead atoms. The van der Waals surface area contributed by atoms with Crippen molar-refractivity contribution < 1.29 is 18.8 Å². The summed E-state index contributed by atoms with van der Waals surface area (Å²) < 4.78 is 17.3. The van der Waals surface area contributed by atoms with E-state index in [9.17, 15) is 4.79 Å². The van der Waals surface area contributed by atoms with Crippen LogP contribution in [0.3, 0.4) is 0 Å². The zero-order chi connectivity index (χ0) is 23.6. The van der Waals surface area contributed by atoms with Gasteiger partial charge in [-0.3, -0.25) is 0 Å². The number of aromatic nitrogens is 1. The Morgan fingerprint density at radius 2 is 1.94 bits per heavy atom. The summed E-state index contributed by atoms with van der Waals surface area (Å²) in [6.45, 7) is 6.80. The fraction of sp³-hybridized carbons (Fsp3) is 0.375. The lowest BCUT2D eigenvalue weighted by molar-refractivity contribution is 0.0126. The maximum atomic E-state index is 12.3. The minimum atomic E-state index is -0.501. The van der Waals surface area contributed by atoms with Crippen LogP contribution < -0.4 is 16.3 Å². The number of likely N-dealkylation sites (tertiary alicyclic amines) is 1. The third-order valence-electron chi connectivity index (χ3n) is 5.40. The van der Waals surface area contributed by atoms with Crippen LogP contribution in [0, 0.1) is 0 Å². The maximum absolute atomic E-state index is 12.3. The average Bonchev–Trinajstić information content (AvgIpc) is 3.21. The zero-order valence-corrected chi connectivity index (χ0v) is 19.1. The number of piperidine rings is 1. The molecule has 2 aromatic carbocycles. The van der Waals surface area contributed by atoms with Gasteiger partial charge in [0.25, 0.3) is 0 Å². The first-order chi connectivity index (χ1) is 15.7. The summed E-state index contributed by atoms with van der Waals surface area (Å²) in [4.78, 5) is 14.0. The van der Waals surface area contributed by atoms with Crippen LogP contribution in [0.4, 0.5) is 4.79 Å². The van der Waals surface area contributed by atoms with Gasteiger partial charge in [0.1, 0.15) is 28.8 Å². The quantitative estimate of drug-likeness (QED) is 0.267. The molecule has 4 N–H and O–H groups in total. The molecule has 174 valence electrons. The largest absolute Gasteiger partial charge is 0.490 e. The molecule has 1 aromatic heterocycles. The SMILES string of the molecule is CC(C)(C)OC(=O)N1CCC(Oc2cccc(-c3onc4ccc(/C(N)=N/N)cc34)c2)CC1. The van der Waals surface area contributed by atoms with Crippen LogP contribution in [-0.4, -0.2) is 46.8 Å². The van der Waals surface area contributed by atoms with Crippen LogP contribution in [0.2, 0.25) is 0 Å². The summed E-state index contributed by atoms with van der Waals surface area (Å²) in [6, 6.07) is 13.1. The highest BCUT2D eigenvalue weighted by Gasteiger charge is 2.27. The predicted molar refractivity (Wildman–Crippen MR) is 126 cm³/mol. The molecule has 1 aliphatic rings. The van der Waals surface area contributed by atoms with E-state index in [0.29, 0.717) is 29.9 Å². The van der Waals surface area contributed by atoms with E-state index in [1.165, 1.54) is 0 Å². The van der Waals surface area contributed by atoms with Crippen molar-refractivity contribution in [2.24, 2.45) is 16.7 Å². The van der Waals surface area contributed by atoms with Gasteiger partial charge in [0.15, 0.2) is 5.76 Å². The number of nitrogens with zero attached hydrogens (tertiary/aromatic N) is 3. The molecule has 1 fully saturated rings. The molecule has 1 aliphatic heterocycles. The molecular weight excluding hydrogens is 422 g/mol. The molecule has 0 unspecified atom stereocenters. The van der Waals surface area contributed by atoms with Crippen molar-refractivity contribution >= 4 is 22.8 Å². The van der Waals surface area contributed by atoms with E-state index < -0.39 is 5.60 Å². The van der Waals surface area contributed by atoms with E-state index in [-0.39, 0.29) is 18.0 Å². The van der Waals surface area contributed by atoms with Gasteiger partial charge in [0, 0.05) is 37.1 Å². The minimum absolute atomic E-state index is 0.0116. The summed E-state index contributed by atoms with van der Waals surface area (Å²) in [6.07, 6.45) is 1.20. The number of hydrogen-bond donors (Lipinski definition) is 2. The average molecular weight is 452 g/mol. The van der Waals surface area contributed by atoms with Gasteiger partial charge in [-0.2, -0.15) is 5.10 Å². The molecule has 0 spiro atoms. The van der Waals surface area contributed by atoms with Crippen LogP contribution in [0.1, 0.15) is 39.2 Å². The van der Waals surface area contributed by atoms with Crippen molar-refractivity contribution in [2.45, 2.75) is 45.3 Å². The maximum Gasteiger partial charge on any atom is 0.410 e. The Hall–Kier alpha value is -3.75. The van der Waals surface area contributed by atoms with Crippen LogP contribution in [0.5, 0.6) is 5.75 Å². The summed E-state index contributed by atoms with van der Waals surface area (Å²) in [5.41, 5.74) is 7.59. The lowest BCUT2D eigenvalue weighted by Gasteiger charge is -2.33. The first-order valence-corrected chi connectivity index (χ1v) is 10.9. The van der Waals surface area contributed by atoms with Gasteiger partial charge in [0.2, 0.25) is 0 Å². The first-order valence-electron chi connectivity index (χ1n) is 10.9. The predicted octanol–water partition coefficient (Wildman–Crippen LogP) is 3.85. The second-order valence-electron chi connectivity index (χ2n) is 9.07.